The van der Waals surface area contributed by atoms with Gasteiger partial charge in [0.05, 0.1) is 27.1 Å². The predicted molar refractivity (Wildman–Crippen MR) is 123 cm³/mol. The molecule has 0 radical (unpaired) electrons. The number of fused-ring (bicyclic) bond motifs is 3. The Hall–Kier alpha value is -3.20. The molecule has 8 nitrogen and oxygen atoms in total. The van der Waals surface area contributed by atoms with Gasteiger partial charge in [0, 0.05) is 17.7 Å². The number of hydrogen-bond acceptors (Lipinski definition) is 7. The van der Waals surface area contributed by atoms with E-state index in [1.54, 1.807) is 26.9 Å². The van der Waals surface area contributed by atoms with E-state index in [4.69, 9.17) is 9.72 Å². The molecule has 4 heterocycles. The van der Waals surface area contributed by atoms with Crippen LogP contribution in [-0.2, 0) is 11.2 Å². The summed E-state index contributed by atoms with van der Waals surface area (Å²) in [5, 5.41) is 8.87. The summed E-state index contributed by atoms with van der Waals surface area (Å²) in [6.07, 6.45) is 2.06. The van der Waals surface area contributed by atoms with Crippen LogP contribution in [-0.4, -0.2) is 37.8 Å². The summed E-state index contributed by atoms with van der Waals surface area (Å²) in [6.45, 7) is 10.3. The fourth-order valence-corrected chi connectivity index (χ4v) is 4.68. The summed E-state index contributed by atoms with van der Waals surface area (Å²) >= 11 is 1.60. The number of nitrogens with zero attached hydrogens (tertiary/aromatic N) is 5. The summed E-state index contributed by atoms with van der Waals surface area (Å²) in [6, 6.07) is 5.83. The maximum Gasteiger partial charge on any atom is 0.420 e. The first-order valence-electron chi connectivity index (χ1n) is 10.2. The van der Waals surface area contributed by atoms with E-state index in [-0.39, 0.29) is 0 Å². The number of hydrogen-bond donors (Lipinski definition) is 1. The van der Waals surface area contributed by atoms with Crippen LogP contribution in [0.2, 0.25) is 0 Å². The standard InChI is InChI=1S/C22H24N6O2S/c1-12-11-24-28-19(12)26-18-15(8-9-23-18)20(28)27(21(29)30-22(3,4)5)14-6-7-16-17(10-14)31-13(2)25-16/h6-7,10-11H,8-9H2,1-5H3,(H,23,26). The zero-order chi connectivity index (χ0) is 21.9. The second-order valence-corrected chi connectivity index (χ2v) is 9.94. The predicted octanol–water partition coefficient (Wildman–Crippen LogP) is 5.00. The molecule has 0 aliphatic carbocycles. The summed E-state index contributed by atoms with van der Waals surface area (Å²) in [4.78, 5) is 24.5. The number of carbonyl (C=O) groups excluding carboxylic acids is 1. The van der Waals surface area contributed by atoms with Crippen molar-refractivity contribution in [3.8, 4) is 0 Å². The third kappa shape index (κ3) is 3.38. The molecule has 0 unspecified atom stereocenters. The molecule has 4 aromatic rings. The van der Waals surface area contributed by atoms with Gasteiger partial charge in [-0.3, -0.25) is 0 Å². The molecule has 31 heavy (non-hydrogen) atoms. The van der Waals surface area contributed by atoms with Gasteiger partial charge in [0.1, 0.15) is 11.4 Å². The van der Waals surface area contributed by atoms with Crippen LogP contribution < -0.4 is 10.2 Å². The molecule has 0 fully saturated rings. The van der Waals surface area contributed by atoms with Crippen LogP contribution >= 0.6 is 11.3 Å². The minimum atomic E-state index is -0.645. The molecule has 3 aromatic heterocycles. The van der Waals surface area contributed by atoms with E-state index in [9.17, 15) is 4.79 Å². The lowest BCUT2D eigenvalue weighted by molar-refractivity contribution is 0.0597. The lowest BCUT2D eigenvalue weighted by Gasteiger charge is -2.28. The van der Waals surface area contributed by atoms with Gasteiger partial charge in [-0.05, 0) is 59.2 Å². The van der Waals surface area contributed by atoms with E-state index in [1.165, 1.54) is 0 Å². The molecule has 9 heteroatoms. The molecule has 1 aliphatic heterocycles. The van der Waals surface area contributed by atoms with Crippen LogP contribution in [0.5, 0.6) is 0 Å². The van der Waals surface area contributed by atoms with Gasteiger partial charge >= 0.3 is 6.09 Å². The normalized spacial score (nSPS) is 13.5. The Kier molecular flexibility index (Phi) is 4.40. The number of anilines is 3. The molecular formula is C22H24N6O2S. The van der Waals surface area contributed by atoms with E-state index in [0.29, 0.717) is 17.2 Å². The lowest BCUT2D eigenvalue weighted by Crippen LogP contribution is -2.35. The molecular weight excluding hydrogens is 412 g/mol. The molecule has 0 spiro atoms. The molecule has 0 saturated carbocycles. The highest BCUT2D eigenvalue weighted by molar-refractivity contribution is 7.18. The molecule has 0 saturated heterocycles. The highest BCUT2D eigenvalue weighted by Crippen LogP contribution is 2.38. The summed E-state index contributed by atoms with van der Waals surface area (Å²) in [7, 11) is 0. The van der Waals surface area contributed by atoms with Gasteiger partial charge in [0.15, 0.2) is 11.5 Å². The van der Waals surface area contributed by atoms with Crippen LogP contribution in [0.1, 0.15) is 36.9 Å². The van der Waals surface area contributed by atoms with Gasteiger partial charge in [-0.15, -0.1) is 11.3 Å². The summed E-state index contributed by atoms with van der Waals surface area (Å²) < 4.78 is 8.59. The van der Waals surface area contributed by atoms with E-state index in [2.05, 4.69) is 15.4 Å². The van der Waals surface area contributed by atoms with Crippen LogP contribution in [0, 0.1) is 13.8 Å². The van der Waals surface area contributed by atoms with E-state index in [0.717, 1.165) is 45.1 Å². The number of benzene rings is 1. The third-order valence-electron chi connectivity index (χ3n) is 5.09. The molecule has 1 aromatic carbocycles. The minimum absolute atomic E-state index is 0.456. The average Bonchev–Trinajstić information content (AvgIpc) is 3.38. The Morgan fingerprint density at radius 2 is 2.06 bits per heavy atom. The highest BCUT2D eigenvalue weighted by atomic mass is 32.1. The van der Waals surface area contributed by atoms with Gasteiger partial charge in [-0.2, -0.15) is 9.61 Å². The van der Waals surface area contributed by atoms with Crippen LogP contribution in [0.25, 0.3) is 15.9 Å². The first-order valence-corrected chi connectivity index (χ1v) is 11.0. The van der Waals surface area contributed by atoms with Crippen molar-refractivity contribution >= 4 is 50.6 Å². The third-order valence-corrected chi connectivity index (χ3v) is 6.02. The van der Waals surface area contributed by atoms with Crippen molar-refractivity contribution in [3.05, 3.63) is 40.5 Å². The Morgan fingerprint density at radius 3 is 2.84 bits per heavy atom. The second kappa shape index (κ2) is 6.91. The zero-order valence-corrected chi connectivity index (χ0v) is 19.0. The van der Waals surface area contributed by atoms with Crippen LogP contribution in [0.3, 0.4) is 0 Å². The quantitative estimate of drug-likeness (QED) is 0.476. The number of rotatable bonds is 2. The fraction of sp³-hybridized carbons (Fsp3) is 0.364. The van der Waals surface area contributed by atoms with Crippen molar-refractivity contribution in [2.45, 2.75) is 46.6 Å². The smallest absolute Gasteiger partial charge is 0.420 e. The monoisotopic (exact) mass is 436 g/mol. The van der Waals surface area contributed by atoms with Crippen molar-refractivity contribution in [2.75, 3.05) is 16.8 Å². The van der Waals surface area contributed by atoms with Crippen LogP contribution in [0.4, 0.5) is 22.1 Å². The average molecular weight is 437 g/mol. The van der Waals surface area contributed by atoms with E-state index in [1.807, 2.05) is 52.8 Å². The number of nitrogens with one attached hydrogen (secondary N) is 1. The van der Waals surface area contributed by atoms with Crippen molar-refractivity contribution in [2.24, 2.45) is 0 Å². The van der Waals surface area contributed by atoms with Crippen LogP contribution in [0.15, 0.2) is 24.4 Å². The highest BCUT2D eigenvalue weighted by Gasteiger charge is 2.32. The molecule has 1 aliphatic rings. The fourth-order valence-electron chi connectivity index (χ4n) is 3.82. The molecule has 5 rings (SSSR count). The van der Waals surface area contributed by atoms with E-state index < -0.39 is 11.7 Å². The first kappa shape index (κ1) is 19.7. The molecule has 0 bridgehead atoms. The number of aryl methyl sites for hydroxylation is 2. The van der Waals surface area contributed by atoms with Crippen molar-refractivity contribution < 1.29 is 9.53 Å². The van der Waals surface area contributed by atoms with Gasteiger partial charge in [-0.25, -0.2) is 19.7 Å². The number of carbonyl (C=O) groups is 1. The van der Waals surface area contributed by atoms with Crippen molar-refractivity contribution in [1.29, 1.82) is 0 Å². The SMILES string of the molecule is Cc1nc2ccc(N(C(=O)OC(C)(C)C)c3c4c(nc5c(C)cnn35)NCC4)cc2s1. The lowest BCUT2D eigenvalue weighted by atomic mass is 10.2. The number of aromatic nitrogens is 4. The summed E-state index contributed by atoms with van der Waals surface area (Å²) in [5.74, 6) is 1.45. The second-order valence-electron chi connectivity index (χ2n) is 8.70. The Morgan fingerprint density at radius 1 is 1.26 bits per heavy atom. The Balaban J connectivity index is 1.77. The number of thiazole rings is 1. The Labute approximate surface area is 183 Å². The van der Waals surface area contributed by atoms with Crippen molar-refractivity contribution in [3.63, 3.8) is 0 Å². The number of amides is 1. The summed E-state index contributed by atoms with van der Waals surface area (Å²) in [5.41, 5.74) is 3.58. The minimum Gasteiger partial charge on any atom is -0.443 e. The largest absolute Gasteiger partial charge is 0.443 e. The van der Waals surface area contributed by atoms with E-state index >= 15 is 0 Å². The van der Waals surface area contributed by atoms with Gasteiger partial charge < -0.3 is 10.1 Å². The van der Waals surface area contributed by atoms with Crippen molar-refractivity contribution in [1.82, 2.24) is 19.6 Å². The number of ether oxygens (including phenoxy) is 1. The van der Waals surface area contributed by atoms with Gasteiger partial charge in [-0.1, -0.05) is 0 Å². The molecule has 1 amide bonds. The zero-order valence-electron chi connectivity index (χ0n) is 18.2. The molecule has 0 atom stereocenters. The topological polar surface area (TPSA) is 84.7 Å². The molecule has 1 N–H and O–H groups in total. The maximum absolute atomic E-state index is 13.6. The Bertz CT molecular complexity index is 1330. The maximum atomic E-state index is 13.6. The van der Waals surface area contributed by atoms with Gasteiger partial charge in [0.2, 0.25) is 0 Å². The molecule has 160 valence electrons. The first-order chi connectivity index (χ1) is 14.7. The van der Waals surface area contributed by atoms with Gasteiger partial charge in [0.25, 0.3) is 0 Å².